The summed E-state index contributed by atoms with van der Waals surface area (Å²) in [5.41, 5.74) is 2.22. The highest BCUT2D eigenvalue weighted by atomic mass is 35.5. The van der Waals surface area contributed by atoms with Gasteiger partial charge in [-0.15, -0.1) is 11.8 Å². The standard InChI is InChI=1S/C23H21ClN2O3S/c1-15(16-7-3-2-4-8-16)25-21(27)20-14-30-23(17-11-12-29-13-17)26(20)22(28)18-9-5-6-10-19(18)24/h2-13,15,20,23H,14H2,1H3,(H,25,27). The van der Waals surface area contributed by atoms with E-state index < -0.39 is 6.04 Å². The molecule has 2 heterocycles. The highest BCUT2D eigenvalue weighted by molar-refractivity contribution is 7.99. The van der Waals surface area contributed by atoms with Crippen LogP contribution in [0.5, 0.6) is 0 Å². The lowest BCUT2D eigenvalue weighted by Crippen LogP contribution is -2.48. The van der Waals surface area contributed by atoms with Crippen LogP contribution in [0.4, 0.5) is 0 Å². The molecule has 0 bridgehead atoms. The second-order valence-corrected chi connectivity index (χ2v) is 8.61. The quantitative estimate of drug-likeness (QED) is 0.601. The molecule has 1 N–H and O–H groups in total. The monoisotopic (exact) mass is 440 g/mol. The van der Waals surface area contributed by atoms with Gasteiger partial charge in [0.25, 0.3) is 5.91 Å². The summed E-state index contributed by atoms with van der Waals surface area (Å²) in [4.78, 5) is 28.3. The van der Waals surface area contributed by atoms with Crippen LogP contribution in [0.2, 0.25) is 5.02 Å². The zero-order valence-corrected chi connectivity index (χ0v) is 17.9. The lowest BCUT2D eigenvalue weighted by atomic mass is 10.1. The molecule has 0 spiro atoms. The van der Waals surface area contributed by atoms with Crippen molar-refractivity contribution in [2.45, 2.75) is 24.4 Å². The molecule has 5 nitrogen and oxygen atoms in total. The molecule has 1 fully saturated rings. The van der Waals surface area contributed by atoms with Crippen LogP contribution in [0.3, 0.4) is 0 Å². The zero-order valence-electron chi connectivity index (χ0n) is 16.3. The number of thioether (sulfide) groups is 1. The van der Waals surface area contributed by atoms with Gasteiger partial charge in [-0.1, -0.05) is 54.1 Å². The Labute approximate surface area is 184 Å². The van der Waals surface area contributed by atoms with Gasteiger partial charge in [-0.2, -0.15) is 0 Å². The number of carbonyl (C=O) groups excluding carboxylic acids is 2. The number of hydrogen-bond acceptors (Lipinski definition) is 4. The molecule has 4 rings (SSSR count). The first kappa shape index (κ1) is 20.6. The number of halogens is 1. The summed E-state index contributed by atoms with van der Waals surface area (Å²) in [5, 5.41) is 3.09. The number of nitrogens with one attached hydrogen (secondary N) is 1. The predicted octanol–water partition coefficient (Wildman–Crippen LogP) is 5.07. The van der Waals surface area contributed by atoms with E-state index in [0.717, 1.165) is 11.1 Å². The van der Waals surface area contributed by atoms with Crippen molar-refractivity contribution < 1.29 is 14.0 Å². The Bertz CT molecular complexity index is 1030. The molecule has 0 saturated carbocycles. The van der Waals surface area contributed by atoms with Crippen LogP contribution < -0.4 is 5.32 Å². The Hall–Kier alpha value is -2.70. The van der Waals surface area contributed by atoms with Gasteiger partial charge in [0, 0.05) is 11.3 Å². The Morgan fingerprint density at radius 1 is 1.13 bits per heavy atom. The van der Waals surface area contributed by atoms with Gasteiger partial charge in [-0.25, -0.2) is 0 Å². The minimum absolute atomic E-state index is 0.172. The van der Waals surface area contributed by atoms with Gasteiger partial charge in [0.15, 0.2) is 0 Å². The third kappa shape index (κ3) is 4.11. The third-order valence-electron chi connectivity index (χ3n) is 5.13. The van der Waals surface area contributed by atoms with E-state index in [0.29, 0.717) is 16.3 Å². The zero-order chi connectivity index (χ0) is 21.1. The van der Waals surface area contributed by atoms with Crippen molar-refractivity contribution in [3.8, 4) is 0 Å². The number of rotatable bonds is 5. The SMILES string of the molecule is CC(NC(=O)C1CSC(c2ccoc2)N1C(=O)c1ccccc1Cl)c1ccccc1. The average molecular weight is 441 g/mol. The molecule has 3 unspecified atom stereocenters. The van der Waals surface area contributed by atoms with Gasteiger partial charge < -0.3 is 14.6 Å². The molecule has 3 atom stereocenters. The fraction of sp³-hybridized carbons (Fsp3) is 0.217. The Morgan fingerprint density at radius 3 is 2.57 bits per heavy atom. The highest BCUT2D eigenvalue weighted by Crippen LogP contribution is 2.43. The van der Waals surface area contributed by atoms with Crippen LogP contribution in [0, 0.1) is 0 Å². The van der Waals surface area contributed by atoms with Gasteiger partial charge in [0.2, 0.25) is 5.91 Å². The van der Waals surface area contributed by atoms with Crippen LogP contribution in [-0.4, -0.2) is 28.5 Å². The van der Waals surface area contributed by atoms with Gasteiger partial charge >= 0.3 is 0 Å². The average Bonchev–Trinajstić information content (AvgIpc) is 3.44. The van der Waals surface area contributed by atoms with E-state index in [1.807, 2.05) is 43.3 Å². The van der Waals surface area contributed by atoms with Gasteiger partial charge in [-0.05, 0) is 30.7 Å². The van der Waals surface area contributed by atoms with Crippen LogP contribution in [0.15, 0.2) is 77.6 Å². The number of furan rings is 1. The minimum Gasteiger partial charge on any atom is -0.472 e. The van der Waals surface area contributed by atoms with E-state index in [4.69, 9.17) is 16.0 Å². The summed E-state index contributed by atoms with van der Waals surface area (Å²) in [5.74, 6) is 0.0221. The van der Waals surface area contributed by atoms with Crippen LogP contribution >= 0.6 is 23.4 Å². The second kappa shape index (κ2) is 8.98. The van der Waals surface area contributed by atoms with Gasteiger partial charge in [-0.3, -0.25) is 9.59 Å². The maximum Gasteiger partial charge on any atom is 0.257 e. The Morgan fingerprint density at radius 2 is 1.87 bits per heavy atom. The number of amides is 2. The van der Waals surface area contributed by atoms with E-state index in [-0.39, 0.29) is 23.2 Å². The molecular formula is C23H21ClN2O3S. The second-order valence-electron chi connectivity index (χ2n) is 7.09. The molecule has 30 heavy (non-hydrogen) atoms. The normalized spacial score (nSPS) is 19.5. The molecule has 154 valence electrons. The predicted molar refractivity (Wildman–Crippen MR) is 118 cm³/mol. The van der Waals surface area contributed by atoms with E-state index in [2.05, 4.69) is 5.32 Å². The molecule has 1 saturated heterocycles. The molecule has 1 aromatic heterocycles. The van der Waals surface area contributed by atoms with Gasteiger partial charge in [0.05, 0.1) is 29.2 Å². The van der Waals surface area contributed by atoms with Gasteiger partial charge in [0.1, 0.15) is 11.4 Å². The Kier molecular flexibility index (Phi) is 6.16. The summed E-state index contributed by atoms with van der Waals surface area (Å²) in [6.45, 7) is 1.93. The molecule has 2 aromatic carbocycles. The summed E-state index contributed by atoms with van der Waals surface area (Å²) in [6.07, 6.45) is 3.18. The summed E-state index contributed by atoms with van der Waals surface area (Å²) in [6, 6.07) is 17.7. The fourth-order valence-corrected chi connectivity index (χ4v) is 5.16. The van der Waals surface area contributed by atoms with Crippen LogP contribution in [0.1, 0.15) is 39.8 Å². The molecule has 1 aliphatic heterocycles. The summed E-state index contributed by atoms with van der Waals surface area (Å²) < 4.78 is 5.22. The van der Waals surface area contributed by atoms with E-state index in [1.165, 1.54) is 11.8 Å². The van der Waals surface area contributed by atoms with Crippen LogP contribution in [-0.2, 0) is 4.79 Å². The van der Waals surface area contributed by atoms with E-state index in [9.17, 15) is 9.59 Å². The van der Waals surface area contributed by atoms with Crippen molar-refractivity contribution in [2.24, 2.45) is 0 Å². The lowest BCUT2D eigenvalue weighted by Gasteiger charge is -2.29. The molecule has 3 aromatic rings. The smallest absolute Gasteiger partial charge is 0.257 e. The molecule has 0 radical (unpaired) electrons. The van der Waals surface area contributed by atoms with Crippen molar-refractivity contribution in [3.63, 3.8) is 0 Å². The minimum atomic E-state index is -0.621. The summed E-state index contributed by atoms with van der Waals surface area (Å²) in [7, 11) is 0. The maximum absolute atomic E-state index is 13.5. The van der Waals surface area contributed by atoms with Crippen molar-refractivity contribution in [1.29, 1.82) is 0 Å². The van der Waals surface area contributed by atoms with E-state index in [1.54, 1.807) is 41.7 Å². The first-order chi connectivity index (χ1) is 14.6. The van der Waals surface area contributed by atoms with E-state index >= 15 is 0 Å². The number of carbonyl (C=O) groups is 2. The van der Waals surface area contributed by atoms with Crippen molar-refractivity contribution >= 4 is 35.2 Å². The number of hydrogen-bond donors (Lipinski definition) is 1. The number of nitrogens with zero attached hydrogens (tertiary/aromatic N) is 1. The molecule has 0 aliphatic carbocycles. The first-order valence-corrected chi connectivity index (χ1v) is 11.0. The summed E-state index contributed by atoms with van der Waals surface area (Å²) >= 11 is 7.83. The maximum atomic E-state index is 13.5. The molecule has 2 amide bonds. The van der Waals surface area contributed by atoms with Crippen molar-refractivity contribution in [1.82, 2.24) is 10.2 Å². The lowest BCUT2D eigenvalue weighted by molar-refractivity contribution is -0.125. The topological polar surface area (TPSA) is 62.6 Å². The first-order valence-electron chi connectivity index (χ1n) is 9.62. The van der Waals surface area contributed by atoms with Crippen LogP contribution in [0.25, 0.3) is 0 Å². The highest BCUT2D eigenvalue weighted by Gasteiger charge is 2.43. The Balaban J connectivity index is 1.62. The van der Waals surface area contributed by atoms with Crippen molar-refractivity contribution in [2.75, 3.05) is 5.75 Å². The number of benzene rings is 2. The largest absolute Gasteiger partial charge is 0.472 e. The fourth-order valence-electron chi connectivity index (χ4n) is 3.54. The molecule has 7 heteroatoms. The molecule has 1 aliphatic rings. The molecular weight excluding hydrogens is 420 g/mol. The van der Waals surface area contributed by atoms with Crippen molar-refractivity contribution in [3.05, 3.63) is 94.9 Å². The third-order valence-corrected chi connectivity index (χ3v) is 6.78.